The maximum Gasteiger partial charge on any atom is 0 e. The zero-order chi connectivity index (χ0) is 0. The van der Waals surface area contributed by atoms with Gasteiger partial charge in [0.15, 0.2) is 0 Å². The Morgan fingerprint density at radius 3 is 1.00 bits per heavy atom. The van der Waals surface area contributed by atoms with Crippen molar-refractivity contribution in [1.29, 1.82) is 0 Å². The summed E-state index contributed by atoms with van der Waals surface area (Å²) in [5, 5.41) is 0. The zero-order valence-electron chi connectivity index (χ0n) is 1.45. The van der Waals surface area contributed by atoms with Crippen molar-refractivity contribution in [2.45, 2.75) is 0 Å². The van der Waals surface area contributed by atoms with Crippen molar-refractivity contribution in [3.8, 4) is 0 Å². The van der Waals surface area contributed by atoms with Gasteiger partial charge >= 0.3 is 48.4 Å². The normalized spacial score (nSPS) is 0. The van der Waals surface area contributed by atoms with Gasteiger partial charge < -0.3 is 5.48 Å². The summed E-state index contributed by atoms with van der Waals surface area (Å²) in [5.74, 6) is 0. The molecule has 0 rings (SSSR count). The maximum absolute atomic E-state index is 0. The van der Waals surface area contributed by atoms with E-state index in [0.29, 0.717) is 0 Å². The van der Waals surface area contributed by atoms with E-state index in [0.717, 1.165) is 0 Å². The van der Waals surface area contributed by atoms with Gasteiger partial charge in [-0.1, -0.05) is 0 Å². The first-order valence-electron chi connectivity index (χ1n) is 0. The monoisotopic (exact) mass is 191 g/mol. The van der Waals surface area contributed by atoms with Gasteiger partial charge in [0.25, 0.3) is 0 Å². The maximum atomic E-state index is 0. The van der Waals surface area contributed by atoms with Crippen LogP contribution in [0.2, 0.25) is 0 Å². The van der Waals surface area contributed by atoms with Crippen LogP contribution in [0.4, 0.5) is 0 Å². The molecule has 2 N–H and O–H groups in total. The van der Waals surface area contributed by atoms with Crippen molar-refractivity contribution in [3.05, 3.63) is 0 Å². The Labute approximate surface area is 96.2 Å². The molecule has 0 aliphatic rings. The molecule has 0 aromatic rings. The summed E-state index contributed by atoms with van der Waals surface area (Å²) < 4.78 is 0. The molecule has 0 aromatic heterocycles. The van der Waals surface area contributed by atoms with Crippen LogP contribution in [0, 0.1) is 0 Å². The smallest absolute Gasteiger partial charge is 0 e. The van der Waals surface area contributed by atoms with E-state index < -0.39 is 0 Å². The standard InChI is InChI=1S/Li.Na.Nb.H2O.Ti.2H/h;;;1H2;;;. The molecular formula is H4LiNaNbOTi. The van der Waals surface area contributed by atoms with E-state index in [2.05, 4.69) is 0 Å². The third-order valence-electron chi connectivity index (χ3n) is 0. The topological polar surface area (TPSA) is 31.5 Å². The summed E-state index contributed by atoms with van der Waals surface area (Å²) in [6.45, 7) is 0. The van der Waals surface area contributed by atoms with Crippen LogP contribution < -0.4 is 0 Å². The Hall–Kier alpha value is 3.01. The fraction of sp³-hybridized carbons (Fsp3) is 0. The van der Waals surface area contributed by atoms with E-state index in [1.165, 1.54) is 0 Å². The van der Waals surface area contributed by atoms with Gasteiger partial charge in [-0.05, 0) is 0 Å². The molecule has 0 fully saturated rings. The van der Waals surface area contributed by atoms with Crippen LogP contribution in [-0.4, -0.2) is 53.9 Å². The summed E-state index contributed by atoms with van der Waals surface area (Å²) in [7, 11) is 0. The minimum atomic E-state index is 0. The molecule has 0 bridgehead atoms. The minimum Gasteiger partial charge on any atom is 0 e. The Kier molecular flexibility index (Phi) is 243. The second kappa shape index (κ2) is 27.9. The molecule has 0 spiro atoms. The molecule has 0 aromatic carbocycles. The Morgan fingerprint density at radius 1 is 1.00 bits per heavy atom. The van der Waals surface area contributed by atoms with E-state index in [4.69, 9.17) is 0 Å². The summed E-state index contributed by atoms with van der Waals surface area (Å²) in [6.07, 6.45) is 0. The first-order chi connectivity index (χ1) is 0. The largest absolute Gasteiger partial charge is 0 e. The van der Waals surface area contributed by atoms with Gasteiger partial charge in [-0.3, -0.25) is 0 Å². The minimum absolute atomic E-state index is 0. The molecule has 0 aliphatic carbocycles. The second-order valence-electron chi connectivity index (χ2n) is 0. The molecule has 0 heterocycles. The summed E-state index contributed by atoms with van der Waals surface area (Å²) in [6, 6.07) is 0. The molecule has 0 amide bonds. The fourth-order valence-corrected chi connectivity index (χ4v) is 0. The van der Waals surface area contributed by atoms with Gasteiger partial charge in [-0.15, -0.1) is 0 Å². The molecule has 0 aliphatic heterocycles. The molecule has 0 atom stereocenters. The SMILES string of the molecule is O.[LiH].[NaH].[Nb].[Ti]. The first kappa shape index (κ1) is 43.4. The molecule has 1 radical (unpaired) electrons. The van der Waals surface area contributed by atoms with Crippen LogP contribution in [0.25, 0.3) is 0 Å². The molecule has 1 nitrogen and oxygen atoms in total. The molecular weight excluding hydrogens is 187 g/mol. The van der Waals surface area contributed by atoms with E-state index >= 15 is 0 Å². The average Bonchev–Trinajstić information content (AvgIpc) is 0. The molecule has 0 unspecified atom stereocenters. The van der Waals surface area contributed by atoms with Crippen molar-refractivity contribution < 1.29 is 49.6 Å². The van der Waals surface area contributed by atoms with Crippen LogP contribution in [-0.2, 0) is 44.1 Å². The quantitative estimate of drug-likeness (QED) is 0.391. The first-order valence-corrected chi connectivity index (χ1v) is 0. The molecule has 21 valence electrons. The second-order valence-corrected chi connectivity index (χ2v) is 0. The predicted octanol–water partition coefficient (Wildman–Crippen LogP) is -2.13. The Morgan fingerprint density at radius 2 is 1.00 bits per heavy atom. The third-order valence-corrected chi connectivity index (χ3v) is 0. The zero-order valence-corrected chi connectivity index (χ0v) is 5.21. The van der Waals surface area contributed by atoms with Crippen molar-refractivity contribution >= 4 is 48.4 Å². The molecule has 0 saturated heterocycles. The summed E-state index contributed by atoms with van der Waals surface area (Å²) >= 11 is 0. The Balaban J connectivity index is 0. The van der Waals surface area contributed by atoms with Gasteiger partial charge in [-0.25, -0.2) is 0 Å². The van der Waals surface area contributed by atoms with Crippen LogP contribution in [0.3, 0.4) is 0 Å². The summed E-state index contributed by atoms with van der Waals surface area (Å²) in [4.78, 5) is 0. The summed E-state index contributed by atoms with van der Waals surface area (Å²) in [5.41, 5.74) is 0. The van der Waals surface area contributed by atoms with Crippen LogP contribution in [0.5, 0.6) is 0 Å². The van der Waals surface area contributed by atoms with Crippen LogP contribution in [0.1, 0.15) is 0 Å². The van der Waals surface area contributed by atoms with Gasteiger partial charge in [0, 0.05) is 44.1 Å². The van der Waals surface area contributed by atoms with Gasteiger partial charge in [0.2, 0.25) is 0 Å². The van der Waals surface area contributed by atoms with Crippen LogP contribution >= 0.6 is 0 Å². The number of rotatable bonds is 0. The van der Waals surface area contributed by atoms with Crippen LogP contribution in [0.15, 0.2) is 0 Å². The van der Waals surface area contributed by atoms with Crippen molar-refractivity contribution in [2.75, 3.05) is 0 Å². The van der Waals surface area contributed by atoms with Crippen molar-refractivity contribution in [3.63, 3.8) is 0 Å². The number of hydrogen-bond acceptors (Lipinski definition) is 0. The molecule has 0 saturated carbocycles. The van der Waals surface area contributed by atoms with E-state index in [9.17, 15) is 0 Å². The molecule has 5 heavy (non-hydrogen) atoms. The van der Waals surface area contributed by atoms with Gasteiger partial charge in [0.05, 0.1) is 0 Å². The fourth-order valence-electron chi connectivity index (χ4n) is 0. The van der Waals surface area contributed by atoms with Gasteiger partial charge in [-0.2, -0.15) is 0 Å². The van der Waals surface area contributed by atoms with E-state index in [-0.39, 0.29) is 98.0 Å². The van der Waals surface area contributed by atoms with Gasteiger partial charge in [0.1, 0.15) is 0 Å². The van der Waals surface area contributed by atoms with Crippen molar-refractivity contribution in [1.82, 2.24) is 0 Å². The van der Waals surface area contributed by atoms with E-state index in [1.54, 1.807) is 0 Å². The number of hydrogen-bond donors (Lipinski definition) is 0. The molecule has 5 heteroatoms. The predicted molar refractivity (Wildman–Crippen MR) is 17.9 cm³/mol. The van der Waals surface area contributed by atoms with E-state index in [1.807, 2.05) is 0 Å². The van der Waals surface area contributed by atoms with Crippen molar-refractivity contribution in [2.24, 2.45) is 0 Å². The average molecular weight is 191 g/mol. The Bertz CT molecular complexity index is 11.6. The third kappa shape index (κ3) is 19.4.